The number of halogens is 3. The van der Waals surface area contributed by atoms with Crippen LogP contribution in [0.4, 0.5) is 19.1 Å². The van der Waals surface area contributed by atoms with Crippen molar-refractivity contribution in [2.45, 2.75) is 25.1 Å². The Morgan fingerprint density at radius 2 is 2.07 bits per heavy atom. The number of aromatic amines is 1. The van der Waals surface area contributed by atoms with E-state index in [0.29, 0.717) is 17.0 Å². The Hall–Kier alpha value is -2.94. The number of H-pyrrole nitrogens is 1. The van der Waals surface area contributed by atoms with Gasteiger partial charge in [0.25, 0.3) is 0 Å². The van der Waals surface area contributed by atoms with Gasteiger partial charge < -0.3 is 15.6 Å². The van der Waals surface area contributed by atoms with E-state index in [1.807, 2.05) is 6.07 Å². The molecule has 0 saturated carbocycles. The van der Waals surface area contributed by atoms with Crippen molar-refractivity contribution in [3.8, 4) is 22.6 Å². The maximum absolute atomic E-state index is 13.5. The molecular formula is C19H19F3N6. The van der Waals surface area contributed by atoms with E-state index >= 15 is 0 Å². The molecule has 1 aliphatic heterocycles. The summed E-state index contributed by atoms with van der Waals surface area (Å²) >= 11 is 0. The topological polar surface area (TPSA) is 78.5 Å². The molecule has 9 heteroatoms. The number of alkyl halides is 3. The van der Waals surface area contributed by atoms with Crippen molar-refractivity contribution in [3.05, 3.63) is 48.4 Å². The monoisotopic (exact) mass is 388 g/mol. The van der Waals surface area contributed by atoms with Crippen LogP contribution in [-0.2, 0) is 6.18 Å². The lowest BCUT2D eigenvalue weighted by molar-refractivity contribution is -0.137. The zero-order valence-electron chi connectivity index (χ0n) is 14.9. The Morgan fingerprint density at radius 1 is 1.18 bits per heavy atom. The fraction of sp³-hybridized carbons (Fsp3) is 0.316. The van der Waals surface area contributed by atoms with Crippen LogP contribution >= 0.6 is 0 Å². The van der Waals surface area contributed by atoms with Crippen molar-refractivity contribution in [1.29, 1.82) is 0 Å². The standard InChI is InChI=1S/C19H19F3N6/c20-19(21,22)14-11-26-18(27-13-4-3-6-23-10-13)28-17(14)12-8-16(25-9-12)15-5-1-2-7-24-15/h1-2,5,7-9,11,13,23,25H,3-4,6,10H2,(H,26,27,28). The Bertz CT molecular complexity index is 932. The van der Waals surface area contributed by atoms with Crippen LogP contribution in [0.1, 0.15) is 18.4 Å². The van der Waals surface area contributed by atoms with E-state index < -0.39 is 11.7 Å². The number of rotatable bonds is 4. The van der Waals surface area contributed by atoms with Gasteiger partial charge in [-0.2, -0.15) is 13.2 Å². The van der Waals surface area contributed by atoms with E-state index in [0.717, 1.165) is 32.1 Å². The van der Waals surface area contributed by atoms with Crippen LogP contribution in [0.15, 0.2) is 42.9 Å². The highest BCUT2D eigenvalue weighted by atomic mass is 19.4. The van der Waals surface area contributed by atoms with Crippen LogP contribution in [0.25, 0.3) is 22.6 Å². The number of anilines is 1. The van der Waals surface area contributed by atoms with Gasteiger partial charge in [0, 0.05) is 36.7 Å². The number of aromatic nitrogens is 4. The minimum atomic E-state index is -4.55. The third-order valence-corrected chi connectivity index (χ3v) is 4.62. The lowest BCUT2D eigenvalue weighted by atomic mass is 10.1. The third kappa shape index (κ3) is 3.99. The van der Waals surface area contributed by atoms with Gasteiger partial charge in [-0.05, 0) is 37.6 Å². The fourth-order valence-corrected chi connectivity index (χ4v) is 3.24. The molecule has 4 heterocycles. The maximum atomic E-state index is 13.5. The van der Waals surface area contributed by atoms with Crippen LogP contribution in [0.2, 0.25) is 0 Å². The Morgan fingerprint density at radius 3 is 2.79 bits per heavy atom. The SMILES string of the molecule is FC(F)(F)c1cnc(NC2CCCNC2)nc1-c1c[nH]c(-c2ccccn2)c1. The van der Waals surface area contributed by atoms with E-state index in [9.17, 15) is 13.2 Å². The van der Waals surface area contributed by atoms with E-state index in [4.69, 9.17) is 0 Å². The molecule has 0 amide bonds. The molecule has 146 valence electrons. The highest BCUT2D eigenvalue weighted by Crippen LogP contribution is 2.37. The van der Waals surface area contributed by atoms with Crippen molar-refractivity contribution in [3.63, 3.8) is 0 Å². The predicted octanol–water partition coefficient (Wildman–Crippen LogP) is 3.72. The molecule has 1 atom stereocenters. The second-order valence-corrected chi connectivity index (χ2v) is 6.66. The average Bonchev–Trinajstić information content (AvgIpc) is 3.19. The first-order chi connectivity index (χ1) is 13.5. The van der Waals surface area contributed by atoms with Crippen molar-refractivity contribution >= 4 is 5.95 Å². The molecule has 28 heavy (non-hydrogen) atoms. The summed E-state index contributed by atoms with van der Waals surface area (Å²) in [5.41, 5.74) is 0.565. The van der Waals surface area contributed by atoms with Gasteiger partial charge in [0.2, 0.25) is 5.95 Å². The highest BCUT2D eigenvalue weighted by Gasteiger charge is 2.36. The summed E-state index contributed by atoms with van der Waals surface area (Å²) in [5, 5.41) is 6.38. The summed E-state index contributed by atoms with van der Waals surface area (Å²) in [6.07, 6.45) is 1.34. The Balaban J connectivity index is 1.69. The van der Waals surface area contributed by atoms with Crippen molar-refractivity contribution < 1.29 is 13.2 Å². The van der Waals surface area contributed by atoms with E-state index in [2.05, 4.69) is 30.6 Å². The molecule has 0 spiro atoms. The minimum Gasteiger partial charge on any atom is -0.359 e. The first-order valence-electron chi connectivity index (χ1n) is 9.02. The van der Waals surface area contributed by atoms with Crippen LogP contribution in [0.5, 0.6) is 0 Å². The summed E-state index contributed by atoms with van der Waals surface area (Å²) in [5.74, 6) is 0.192. The van der Waals surface area contributed by atoms with E-state index in [1.165, 1.54) is 6.20 Å². The lowest BCUT2D eigenvalue weighted by Gasteiger charge is -2.24. The van der Waals surface area contributed by atoms with E-state index in [-0.39, 0.29) is 17.7 Å². The maximum Gasteiger partial charge on any atom is 0.419 e. The summed E-state index contributed by atoms with van der Waals surface area (Å²) in [7, 11) is 0. The summed E-state index contributed by atoms with van der Waals surface area (Å²) < 4.78 is 40.6. The second-order valence-electron chi connectivity index (χ2n) is 6.66. The van der Waals surface area contributed by atoms with Gasteiger partial charge in [0.05, 0.1) is 17.1 Å². The van der Waals surface area contributed by atoms with Gasteiger partial charge in [0.15, 0.2) is 0 Å². The van der Waals surface area contributed by atoms with Gasteiger partial charge in [-0.1, -0.05) is 6.07 Å². The molecule has 4 rings (SSSR count). The van der Waals surface area contributed by atoms with Crippen molar-refractivity contribution in [1.82, 2.24) is 25.3 Å². The van der Waals surface area contributed by atoms with Gasteiger partial charge >= 0.3 is 6.18 Å². The summed E-state index contributed by atoms with van der Waals surface area (Å²) in [6, 6.07) is 7.08. The summed E-state index contributed by atoms with van der Waals surface area (Å²) in [4.78, 5) is 15.3. The van der Waals surface area contributed by atoms with Crippen molar-refractivity contribution in [2.75, 3.05) is 18.4 Å². The minimum absolute atomic E-state index is 0.0913. The summed E-state index contributed by atoms with van der Waals surface area (Å²) in [6.45, 7) is 1.67. The van der Waals surface area contributed by atoms with Gasteiger partial charge in [-0.15, -0.1) is 0 Å². The molecule has 1 unspecified atom stereocenters. The number of hydrogen-bond acceptors (Lipinski definition) is 5. The zero-order chi connectivity index (χ0) is 19.6. The lowest BCUT2D eigenvalue weighted by Crippen LogP contribution is -2.38. The average molecular weight is 388 g/mol. The molecule has 3 aromatic heterocycles. The molecule has 3 aromatic rings. The normalized spacial score (nSPS) is 17.5. The van der Waals surface area contributed by atoms with Crippen LogP contribution in [0, 0.1) is 0 Å². The molecule has 0 bridgehead atoms. The third-order valence-electron chi connectivity index (χ3n) is 4.62. The first-order valence-corrected chi connectivity index (χ1v) is 9.02. The van der Waals surface area contributed by atoms with Crippen LogP contribution < -0.4 is 10.6 Å². The fourth-order valence-electron chi connectivity index (χ4n) is 3.24. The number of nitrogens with one attached hydrogen (secondary N) is 3. The van der Waals surface area contributed by atoms with Gasteiger partial charge in [-0.3, -0.25) is 4.98 Å². The largest absolute Gasteiger partial charge is 0.419 e. The Kier molecular flexibility index (Phi) is 4.99. The molecule has 1 aliphatic rings. The first kappa shape index (κ1) is 18.4. The van der Waals surface area contributed by atoms with Gasteiger partial charge in [-0.25, -0.2) is 9.97 Å². The zero-order valence-corrected chi connectivity index (χ0v) is 14.9. The molecule has 1 fully saturated rings. The van der Waals surface area contributed by atoms with Gasteiger partial charge in [0.1, 0.15) is 5.56 Å². The van der Waals surface area contributed by atoms with Crippen LogP contribution in [0.3, 0.4) is 0 Å². The molecule has 3 N–H and O–H groups in total. The highest BCUT2D eigenvalue weighted by molar-refractivity contribution is 5.70. The predicted molar refractivity (Wildman–Crippen MR) is 99.6 cm³/mol. The number of hydrogen-bond donors (Lipinski definition) is 3. The number of piperidine rings is 1. The smallest absolute Gasteiger partial charge is 0.359 e. The quantitative estimate of drug-likeness (QED) is 0.635. The molecule has 1 saturated heterocycles. The molecule has 0 aliphatic carbocycles. The molecule has 0 radical (unpaired) electrons. The molecular weight excluding hydrogens is 369 g/mol. The number of nitrogens with zero attached hydrogens (tertiary/aromatic N) is 3. The Labute approximate surface area is 159 Å². The molecule has 6 nitrogen and oxygen atoms in total. The van der Waals surface area contributed by atoms with Crippen molar-refractivity contribution in [2.24, 2.45) is 0 Å². The molecule has 0 aromatic carbocycles. The number of pyridine rings is 1. The van der Waals surface area contributed by atoms with Crippen LogP contribution in [-0.4, -0.2) is 39.1 Å². The second kappa shape index (κ2) is 7.59. The van der Waals surface area contributed by atoms with E-state index in [1.54, 1.807) is 24.4 Å².